The third-order valence-corrected chi connectivity index (χ3v) is 1.72. The van der Waals surface area contributed by atoms with Gasteiger partial charge in [0.25, 0.3) is 0 Å². The molecule has 0 amide bonds. The second-order valence-electron chi connectivity index (χ2n) is 2.42. The van der Waals surface area contributed by atoms with Gasteiger partial charge in [-0.25, -0.2) is 0 Å². The molecule has 52 valence electrons. The van der Waals surface area contributed by atoms with E-state index in [1.807, 2.05) is 0 Å². The molecule has 0 radical (unpaired) electrons. The molecule has 1 aliphatic carbocycles. The third-order valence-electron chi connectivity index (χ3n) is 1.72. The van der Waals surface area contributed by atoms with Gasteiger partial charge in [0.2, 0.25) is 0 Å². The van der Waals surface area contributed by atoms with Gasteiger partial charge in [-0.1, -0.05) is 0 Å². The lowest BCUT2D eigenvalue weighted by molar-refractivity contribution is -0.138. The van der Waals surface area contributed by atoms with E-state index < -0.39 is 5.97 Å². The van der Waals surface area contributed by atoms with Crippen LogP contribution in [0.2, 0.25) is 0 Å². The second-order valence-corrected chi connectivity index (χ2v) is 2.42. The summed E-state index contributed by atoms with van der Waals surface area (Å²) in [6.45, 7) is -0.381. The second kappa shape index (κ2) is 2.33. The van der Waals surface area contributed by atoms with Crippen LogP contribution in [-0.4, -0.2) is 17.8 Å². The predicted molar refractivity (Wildman–Crippen MR) is 29.8 cm³/mol. The van der Waals surface area contributed by atoms with E-state index in [0.29, 0.717) is 12.8 Å². The van der Waals surface area contributed by atoms with Crippen LogP contribution in [0.5, 0.6) is 0 Å². The summed E-state index contributed by atoms with van der Waals surface area (Å²) in [6, 6.07) is 0. The Morgan fingerprint density at radius 3 is 2.78 bits per heavy atom. The van der Waals surface area contributed by atoms with Crippen LogP contribution in [0, 0.1) is 11.8 Å². The molecule has 1 saturated carbocycles. The summed E-state index contributed by atoms with van der Waals surface area (Å²) in [5.41, 5.74) is 0. The molecule has 1 aliphatic rings. The van der Waals surface area contributed by atoms with Gasteiger partial charge in [0, 0.05) is 0 Å². The fourth-order valence-corrected chi connectivity index (χ4v) is 1.01. The van der Waals surface area contributed by atoms with Gasteiger partial charge in [-0.05, 0) is 18.8 Å². The first kappa shape index (κ1) is 6.52. The minimum Gasteiger partial charge on any atom is -0.481 e. The minimum absolute atomic E-state index is 0.132. The highest BCUT2D eigenvalue weighted by atomic mass is 19.1. The molecule has 0 aromatic rings. The van der Waals surface area contributed by atoms with Crippen molar-refractivity contribution in [2.75, 3.05) is 6.67 Å². The van der Waals surface area contributed by atoms with Crippen molar-refractivity contribution in [3.63, 3.8) is 0 Å². The Bertz CT molecular complexity index is 124. The molecule has 1 rings (SSSR count). The molecule has 0 bridgehead atoms. The molecular weight excluding hydrogens is 123 g/mol. The molecule has 1 fully saturated rings. The van der Waals surface area contributed by atoms with Crippen LogP contribution in [0.3, 0.4) is 0 Å². The fraction of sp³-hybridized carbons (Fsp3) is 0.833. The summed E-state index contributed by atoms with van der Waals surface area (Å²) in [6.07, 6.45) is 1.11. The SMILES string of the molecule is O=C(O)C1CC1CCF. The Balaban J connectivity index is 2.17. The van der Waals surface area contributed by atoms with Gasteiger partial charge in [0.05, 0.1) is 12.6 Å². The third kappa shape index (κ3) is 1.40. The molecule has 2 unspecified atom stereocenters. The molecule has 0 spiro atoms. The molecular formula is C6H9FO2. The zero-order chi connectivity index (χ0) is 6.85. The molecule has 3 heteroatoms. The van der Waals surface area contributed by atoms with E-state index in [0.717, 1.165) is 0 Å². The summed E-state index contributed by atoms with van der Waals surface area (Å²) in [4.78, 5) is 10.1. The van der Waals surface area contributed by atoms with Crippen molar-refractivity contribution in [1.82, 2.24) is 0 Å². The van der Waals surface area contributed by atoms with E-state index in [1.165, 1.54) is 0 Å². The highest BCUT2D eigenvalue weighted by Gasteiger charge is 2.42. The topological polar surface area (TPSA) is 37.3 Å². The molecule has 0 saturated heterocycles. The maximum Gasteiger partial charge on any atom is 0.306 e. The lowest BCUT2D eigenvalue weighted by Gasteiger charge is -1.87. The molecule has 0 aromatic heterocycles. The minimum atomic E-state index is -0.770. The number of alkyl halides is 1. The van der Waals surface area contributed by atoms with Crippen LogP contribution in [0.1, 0.15) is 12.8 Å². The lowest BCUT2D eigenvalue weighted by Crippen LogP contribution is -1.99. The maximum absolute atomic E-state index is 11.5. The van der Waals surface area contributed by atoms with Gasteiger partial charge in [0.1, 0.15) is 0 Å². The average molecular weight is 132 g/mol. The average Bonchev–Trinajstić information content (AvgIpc) is 2.47. The number of carboxylic acid groups (broad SMARTS) is 1. The molecule has 2 atom stereocenters. The van der Waals surface area contributed by atoms with Gasteiger partial charge >= 0.3 is 5.97 Å². The molecule has 2 nitrogen and oxygen atoms in total. The van der Waals surface area contributed by atoms with Crippen molar-refractivity contribution in [2.45, 2.75) is 12.8 Å². The predicted octanol–water partition coefficient (Wildman–Crippen LogP) is 1.07. The Hall–Kier alpha value is -0.600. The summed E-state index contributed by atoms with van der Waals surface area (Å²) in [5.74, 6) is -0.873. The molecule has 0 aromatic carbocycles. The van der Waals surface area contributed by atoms with Crippen molar-refractivity contribution in [3.8, 4) is 0 Å². The van der Waals surface area contributed by atoms with E-state index in [1.54, 1.807) is 0 Å². The van der Waals surface area contributed by atoms with E-state index in [4.69, 9.17) is 5.11 Å². The number of halogens is 1. The largest absolute Gasteiger partial charge is 0.481 e. The lowest BCUT2D eigenvalue weighted by atomic mass is 10.2. The van der Waals surface area contributed by atoms with E-state index in [2.05, 4.69) is 0 Å². The Labute approximate surface area is 52.7 Å². The zero-order valence-electron chi connectivity index (χ0n) is 5.01. The molecule has 1 N–H and O–H groups in total. The first-order valence-electron chi connectivity index (χ1n) is 3.04. The molecule has 0 aliphatic heterocycles. The number of hydrogen-bond donors (Lipinski definition) is 1. The first-order valence-corrected chi connectivity index (χ1v) is 3.04. The zero-order valence-corrected chi connectivity index (χ0v) is 5.01. The smallest absolute Gasteiger partial charge is 0.306 e. The molecule has 9 heavy (non-hydrogen) atoms. The van der Waals surface area contributed by atoms with Crippen molar-refractivity contribution < 1.29 is 14.3 Å². The van der Waals surface area contributed by atoms with Gasteiger partial charge in [0.15, 0.2) is 0 Å². The summed E-state index contributed by atoms with van der Waals surface area (Å²) < 4.78 is 11.5. The van der Waals surface area contributed by atoms with Crippen LogP contribution in [0.15, 0.2) is 0 Å². The number of carboxylic acids is 1. The fourth-order valence-electron chi connectivity index (χ4n) is 1.01. The first-order chi connectivity index (χ1) is 4.25. The number of aliphatic carboxylic acids is 1. The van der Waals surface area contributed by atoms with Crippen LogP contribution < -0.4 is 0 Å². The quantitative estimate of drug-likeness (QED) is 0.623. The highest BCUT2D eigenvalue weighted by Crippen LogP contribution is 2.41. The number of rotatable bonds is 3. The van der Waals surface area contributed by atoms with Gasteiger partial charge in [-0.15, -0.1) is 0 Å². The van der Waals surface area contributed by atoms with Gasteiger partial charge in [-0.2, -0.15) is 0 Å². The van der Waals surface area contributed by atoms with Crippen molar-refractivity contribution in [1.29, 1.82) is 0 Å². The maximum atomic E-state index is 11.5. The standard InChI is InChI=1S/C6H9FO2/c7-2-1-4-3-5(4)6(8)9/h4-5H,1-3H2,(H,8,9). The van der Waals surface area contributed by atoms with E-state index >= 15 is 0 Å². The van der Waals surface area contributed by atoms with E-state index in [-0.39, 0.29) is 18.5 Å². The van der Waals surface area contributed by atoms with Gasteiger partial charge in [-0.3, -0.25) is 9.18 Å². The van der Waals surface area contributed by atoms with E-state index in [9.17, 15) is 9.18 Å². The van der Waals surface area contributed by atoms with Crippen LogP contribution in [-0.2, 0) is 4.79 Å². The number of hydrogen-bond acceptors (Lipinski definition) is 1. The van der Waals surface area contributed by atoms with Gasteiger partial charge < -0.3 is 5.11 Å². The summed E-state index contributed by atoms with van der Waals surface area (Å²) >= 11 is 0. The Morgan fingerprint density at radius 1 is 1.78 bits per heavy atom. The van der Waals surface area contributed by atoms with Crippen LogP contribution in [0.4, 0.5) is 4.39 Å². The van der Waals surface area contributed by atoms with Crippen molar-refractivity contribution >= 4 is 5.97 Å². The highest BCUT2D eigenvalue weighted by molar-refractivity contribution is 5.73. The monoisotopic (exact) mass is 132 g/mol. The van der Waals surface area contributed by atoms with Crippen LogP contribution in [0.25, 0.3) is 0 Å². The number of carbonyl (C=O) groups is 1. The normalized spacial score (nSPS) is 32.1. The Kier molecular flexibility index (Phi) is 1.69. The summed E-state index contributed by atoms with van der Waals surface area (Å²) in [7, 11) is 0. The van der Waals surface area contributed by atoms with Crippen molar-refractivity contribution in [3.05, 3.63) is 0 Å². The van der Waals surface area contributed by atoms with Crippen LogP contribution >= 0.6 is 0 Å². The Morgan fingerprint density at radius 2 is 2.44 bits per heavy atom. The molecule has 0 heterocycles. The summed E-state index contributed by atoms with van der Waals surface area (Å²) in [5, 5.41) is 8.33. The van der Waals surface area contributed by atoms with Crippen molar-refractivity contribution in [2.24, 2.45) is 11.8 Å².